The van der Waals surface area contributed by atoms with E-state index in [-0.39, 0.29) is 18.5 Å². The summed E-state index contributed by atoms with van der Waals surface area (Å²) < 4.78 is 10.9. The van der Waals surface area contributed by atoms with Crippen LogP contribution < -0.4 is 0 Å². The van der Waals surface area contributed by atoms with Crippen molar-refractivity contribution < 1.29 is 19.1 Å². The third-order valence-corrected chi connectivity index (χ3v) is 4.43. The molecule has 124 valence electrons. The maximum absolute atomic E-state index is 12.5. The normalized spacial score (nSPS) is 25.7. The topological polar surface area (TPSA) is 55.8 Å². The molecule has 1 aromatic rings. The van der Waals surface area contributed by atoms with E-state index in [0.717, 1.165) is 12.0 Å². The summed E-state index contributed by atoms with van der Waals surface area (Å²) in [6.07, 6.45) is 1.09. The van der Waals surface area contributed by atoms with Gasteiger partial charge >= 0.3 is 12.1 Å². The molecule has 1 saturated carbocycles. The molecule has 1 heterocycles. The maximum atomic E-state index is 12.5. The summed E-state index contributed by atoms with van der Waals surface area (Å²) in [5, 5.41) is 0. The fourth-order valence-electron chi connectivity index (χ4n) is 3.25. The molecule has 1 aliphatic heterocycles. The van der Waals surface area contributed by atoms with Crippen LogP contribution in [0, 0.1) is 5.92 Å². The number of benzene rings is 1. The van der Waals surface area contributed by atoms with E-state index in [9.17, 15) is 9.59 Å². The predicted octanol–water partition coefficient (Wildman–Crippen LogP) is 3.13. The summed E-state index contributed by atoms with van der Waals surface area (Å²) in [5.74, 6) is -0.0919. The third-order valence-electron chi connectivity index (χ3n) is 4.43. The van der Waals surface area contributed by atoms with E-state index in [2.05, 4.69) is 0 Å². The van der Waals surface area contributed by atoms with Crippen molar-refractivity contribution in [3.05, 3.63) is 35.9 Å². The second kappa shape index (κ2) is 5.55. The Morgan fingerprint density at radius 2 is 1.96 bits per heavy atom. The average Bonchev–Trinajstić information content (AvgIpc) is 3.10. The molecule has 1 aliphatic carbocycles. The quantitative estimate of drug-likeness (QED) is 0.804. The smallest absolute Gasteiger partial charge is 0.411 e. The summed E-state index contributed by atoms with van der Waals surface area (Å²) in [4.78, 5) is 26.5. The van der Waals surface area contributed by atoms with Gasteiger partial charge in [0.1, 0.15) is 17.7 Å². The highest BCUT2D eigenvalue weighted by atomic mass is 16.6. The van der Waals surface area contributed by atoms with Crippen molar-refractivity contribution in [1.29, 1.82) is 0 Å². The minimum absolute atomic E-state index is 0.210. The number of fused-ring (bicyclic) bond motifs is 1. The molecule has 5 heteroatoms. The molecule has 2 fully saturated rings. The van der Waals surface area contributed by atoms with Gasteiger partial charge in [-0.05, 0) is 45.1 Å². The Bertz CT molecular complexity index is 607. The van der Waals surface area contributed by atoms with Crippen LogP contribution in [0.3, 0.4) is 0 Å². The van der Waals surface area contributed by atoms with E-state index in [1.165, 1.54) is 0 Å². The largest absolute Gasteiger partial charge is 0.458 e. The molecule has 0 spiro atoms. The number of hydrogen-bond donors (Lipinski definition) is 0. The Labute approximate surface area is 136 Å². The molecule has 2 atom stereocenters. The Morgan fingerprint density at radius 1 is 1.26 bits per heavy atom. The molecule has 0 aromatic heterocycles. The van der Waals surface area contributed by atoms with Crippen LogP contribution in [0.15, 0.2) is 30.3 Å². The van der Waals surface area contributed by atoms with Gasteiger partial charge in [0.25, 0.3) is 0 Å². The second-order valence-corrected chi connectivity index (χ2v) is 7.31. The van der Waals surface area contributed by atoms with Crippen molar-refractivity contribution in [3.8, 4) is 0 Å². The van der Waals surface area contributed by atoms with E-state index < -0.39 is 17.2 Å². The molecule has 2 aliphatic rings. The SMILES string of the molecule is CC(C)(C)OC(=O)C12CC1CCN2C(=O)OCc1ccccc1. The molecule has 0 N–H and O–H groups in total. The molecule has 1 aromatic carbocycles. The number of piperidine rings is 1. The van der Waals surface area contributed by atoms with Crippen molar-refractivity contribution in [2.24, 2.45) is 5.92 Å². The van der Waals surface area contributed by atoms with Crippen LogP contribution in [0.5, 0.6) is 0 Å². The van der Waals surface area contributed by atoms with Gasteiger partial charge in [-0.15, -0.1) is 0 Å². The number of esters is 1. The second-order valence-electron chi connectivity index (χ2n) is 7.31. The van der Waals surface area contributed by atoms with Crippen LogP contribution >= 0.6 is 0 Å². The number of ether oxygens (including phenoxy) is 2. The first-order valence-electron chi connectivity index (χ1n) is 8.05. The summed E-state index contributed by atoms with van der Waals surface area (Å²) in [6, 6.07) is 9.52. The predicted molar refractivity (Wildman–Crippen MR) is 84.6 cm³/mol. The van der Waals surface area contributed by atoms with Gasteiger partial charge in [0.2, 0.25) is 0 Å². The van der Waals surface area contributed by atoms with Gasteiger partial charge < -0.3 is 9.47 Å². The zero-order valence-corrected chi connectivity index (χ0v) is 13.9. The van der Waals surface area contributed by atoms with E-state index in [1.807, 2.05) is 51.1 Å². The Balaban J connectivity index is 1.65. The Hall–Kier alpha value is -2.04. The van der Waals surface area contributed by atoms with Crippen molar-refractivity contribution >= 4 is 12.1 Å². The zero-order valence-electron chi connectivity index (χ0n) is 13.9. The van der Waals surface area contributed by atoms with Gasteiger partial charge in [0.15, 0.2) is 0 Å². The molecule has 5 nitrogen and oxygen atoms in total. The molecular weight excluding hydrogens is 294 g/mol. The number of rotatable bonds is 3. The van der Waals surface area contributed by atoms with Crippen molar-refractivity contribution in [3.63, 3.8) is 0 Å². The fourth-order valence-corrected chi connectivity index (χ4v) is 3.25. The van der Waals surface area contributed by atoms with Gasteiger partial charge in [0, 0.05) is 6.54 Å². The van der Waals surface area contributed by atoms with Crippen LogP contribution in [0.25, 0.3) is 0 Å². The summed E-state index contributed by atoms with van der Waals surface area (Å²) in [5.41, 5.74) is -0.416. The summed E-state index contributed by atoms with van der Waals surface area (Å²) in [7, 11) is 0. The van der Waals surface area contributed by atoms with Crippen LogP contribution in [-0.4, -0.2) is 34.6 Å². The van der Waals surface area contributed by atoms with Crippen molar-refractivity contribution in [2.75, 3.05) is 6.54 Å². The number of carbonyl (C=O) groups is 2. The minimum atomic E-state index is -0.791. The number of carbonyl (C=O) groups excluding carboxylic acids is 2. The number of likely N-dealkylation sites (tertiary alicyclic amines) is 1. The van der Waals surface area contributed by atoms with Gasteiger partial charge in [-0.2, -0.15) is 0 Å². The lowest BCUT2D eigenvalue weighted by molar-refractivity contribution is -0.162. The number of nitrogens with zero attached hydrogens (tertiary/aromatic N) is 1. The lowest BCUT2D eigenvalue weighted by Gasteiger charge is -2.29. The summed E-state index contributed by atoms with van der Waals surface area (Å²) in [6.45, 7) is 6.28. The monoisotopic (exact) mass is 317 g/mol. The lowest BCUT2D eigenvalue weighted by Crippen LogP contribution is -2.48. The first kappa shape index (κ1) is 15.8. The first-order valence-corrected chi connectivity index (χ1v) is 8.05. The maximum Gasteiger partial charge on any atom is 0.411 e. The molecule has 23 heavy (non-hydrogen) atoms. The highest BCUT2D eigenvalue weighted by molar-refractivity contribution is 5.90. The molecule has 1 amide bonds. The molecule has 0 bridgehead atoms. The van der Waals surface area contributed by atoms with Crippen LogP contribution in [-0.2, 0) is 20.9 Å². The molecule has 2 unspecified atom stereocenters. The van der Waals surface area contributed by atoms with E-state index >= 15 is 0 Å². The zero-order chi connectivity index (χ0) is 16.7. The third kappa shape index (κ3) is 3.05. The van der Waals surface area contributed by atoms with E-state index in [0.29, 0.717) is 13.0 Å². The van der Waals surface area contributed by atoms with Crippen molar-refractivity contribution in [2.45, 2.75) is 51.4 Å². The van der Waals surface area contributed by atoms with Crippen molar-refractivity contribution in [1.82, 2.24) is 4.90 Å². The van der Waals surface area contributed by atoms with E-state index in [4.69, 9.17) is 9.47 Å². The number of amides is 1. The molecular formula is C18H23NO4. The standard InChI is InChI=1S/C18H23NO4/c1-17(2,3)23-15(20)18-11-14(18)9-10-19(18)16(21)22-12-13-7-5-4-6-8-13/h4-8,14H,9-12H2,1-3H3. The average molecular weight is 317 g/mol. The minimum Gasteiger partial charge on any atom is -0.458 e. The molecule has 0 radical (unpaired) electrons. The van der Waals surface area contributed by atoms with Gasteiger partial charge in [0.05, 0.1) is 0 Å². The lowest BCUT2D eigenvalue weighted by atomic mass is 10.1. The fraction of sp³-hybridized carbons (Fsp3) is 0.556. The van der Waals surface area contributed by atoms with Crippen LogP contribution in [0.1, 0.15) is 39.2 Å². The highest BCUT2D eigenvalue weighted by Crippen LogP contribution is 2.56. The van der Waals surface area contributed by atoms with E-state index in [1.54, 1.807) is 4.90 Å². The van der Waals surface area contributed by atoms with Gasteiger partial charge in [-0.25, -0.2) is 9.59 Å². The van der Waals surface area contributed by atoms with Crippen LogP contribution in [0.2, 0.25) is 0 Å². The Kier molecular flexibility index (Phi) is 3.82. The summed E-state index contributed by atoms with van der Waals surface area (Å²) >= 11 is 0. The number of hydrogen-bond acceptors (Lipinski definition) is 4. The molecule has 3 rings (SSSR count). The Morgan fingerprint density at radius 3 is 2.57 bits per heavy atom. The first-order chi connectivity index (χ1) is 10.8. The van der Waals surface area contributed by atoms with Gasteiger partial charge in [-0.1, -0.05) is 30.3 Å². The highest BCUT2D eigenvalue weighted by Gasteiger charge is 2.70. The van der Waals surface area contributed by atoms with Crippen LogP contribution in [0.4, 0.5) is 4.79 Å². The van der Waals surface area contributed by atoms with Gasteiger partial charge in [-0.3, -0.25) is 4.90 Å². The molecule has 1 saturated heterocycles.